The maximum absolute atomic E-state index is 11.3. The Kier molecular flexibility index (Phi) is 8.29. The Morgan fingerprint density at radius 3 is 2.27 bits per heavy atom. The highest BCUT2D eigenvalue weighted by molar-refractivity contribution is 7.99. The van der Waals surface area contributed by atoms with Gasteiger partial charge in [-0.15, -0.1) is 12.4 Å². The number of hydrogen-bond acceptors (Lipinski definition) is 9. The largest absolute Gasteiger partial charge is 0.394 e. The van der Waals surface area contributed by atoms with E-state index in [0.717, 1.165) is 0 Å². The van der Waals surface area contributed by atoms with Crippen LogP contribution in [0.1, 0.15) is 0 Å². The van der Waals surface area contributed by atoms with Crippen LogP contribution in [0.2, 0.25) is 0 Å². The van der Waals surface area contributed by atoms with E-state index in [2.05, 4.69) is 0 Å². The quantitative estimate of drug-likeness (QED) is 0.133. The zero-order valence-corrected chi connectivity index (χ0v) is 12.5. The Bertz CT molecular complexity index is 620. The minimum Gasteiger partial charge on any atom is -0.394 e. The van der Waals surface area contributed by atoms with Gasteiger partial charge in [0, 0.05) is 5.75 Å². The molecule has 0 unspecified atom stereocenters. The lowest BCUT2D eigenvalue weighted by molar-refractivity contribution is -0.389. The molecule has 0 saturated carbocycles. The first-order chi connectivity index (χ1) is 9.77. The maximum Gasteiger partial charge on any atom is 0.363 e. The van der Waals surface area contributed by atoms with Crippen LogP contribution in [0.15, 0.2) is 14.6 Å². The number of halogens is 1. The second kappa shape index (κ2) is 8.87. The summed E-state index contributed by atoms with van der Waals surface area (Å²) in [5.41, 5.74) is -3.06. The van der Waals surface area contributed by atoms with Crippen LogP contribution in [-0.4, -0.2) is 66.0 Å². The van der Waals surface area contributed by atoms with Crippen molar-refractivity contribution < 1.29 is 25.3 Å². The minimum absolute atomic E-state index is 0. The van der Waals surface area contributed by atoms with Gasteiger partial charge in [0.05, 0.1) is 17.6 Å². The lowest BCUT2D eigenvalue weighted by Crippen LogP contribution is -2.40. The lowest BCUT2D eigenvalue weighted by atomic mass is 10.1. The number of aliphatic hydroxyl groups excluding tert-OH is 4. The number of nitrogens with zero attached hydrogens (tertiary/aromatic N) is 1. The number of H-pyrrole nitrogens is 2. The number of thioether (sulfide) groups is 1. The van der Waals surface area contributed by atoms with Gasteiger partial charge in [-0.1, -0.05) is 11.8 Å². The summed E-state index contributed by atoms with van der Waals surface area (Å²) in [6.07, 6.45) is -4.82. The number of aromatic amines is 2. The molecule has 0 aliphatic heterocycles. The fraction of sp³-hybridized carbons (Fsp3) is 0.556. The first kappa shape index (κ1) is 20.6. The van der Waals surface area contributed by atoms with E-state index in [1.165, 1.54) is 0 Å². The summed E-state index contributed by atoms with van der Waals surface area (Å²) < 4.78 is 0. The fourth-order valence-corrected chi connectivity index (χ4v) is 2.36. The molecule has 1 heterocycles. The third kappa shape index (κ3) is 5.08. The number of aromatic nitrogens is 2. The van der Waals surface area contributed by atoms with Crippen molar-refractivity contribution in [2.45, 2.75) is 23.3 Å². The van der Waals surface area contributed by atoms with Crippen molar-refractivity contribution in [1.82, 2.24) is 9.97 Å². The number of nitro groups is 1. The first-order valence-corrected chi connectivity index (χ1v) is 6.55. The molecule has 0 aromatic carbocycles. The molecule has 0 aliphatic carbocycles. The third-order valence-electron chi connectivity index (χ3n) is 2.44. The van der Waals surface area contributed by atoms with Crippen molar-refractivity contribution in [3.8, 4) is 0 Å². The van der Waals surface area contributed by atoms with Crippen molar-refractivity contribution in [3.05, 3.63) is 31.0 Å². The molecule has 126 valence electrons. The van der Waals surface area contributed by atoms with Gasteiger partial charge in [-0.25, -0.2) is 4.79 Å². The third-order valence-corrected chi connectivity index (χ3v) is 3.53. The summed E-state index contributed by atoms with van der Waals surface area (Å²) in [5, 5.41) is 47.1. The summed E-state index contributed by atoms with van der Waals surface area (Å²) in [6, 6.07) is 0. The summed E-state index contributed by atoms with van der Waals surface area (Å²) in [6.45, 7) is -0.787. The van der Waals surface area contributed by atoms with Crippen LogP contribution in [0.4, 0.5) is 5.69 Å². The molecule has 0 spiro atoms. The van der Waals surface area contributed by atoms with Crippen LogP contribution < -0.4 is 11.2 Å². The molecule has 13 heteroatoms. The average Bonchev–Trinajstić information content (AvgIpc) is 2.41. The predicted octanol–water partition coefficient (Wildman–Crippen LogP) is -2.44. The standard InChI is InChI=1S/C9H13N3O8S.ClH/c13-1-3(14)6(16)4(15)2-21-8-5(12(19)20)7(17)10-9(18)11-8;/h3-4,6,13-16H,1-2H2,(H2,10,11,17,18);1H/t3-,4+,6-;/m1./s1. The summed E-state index contributed by atoms with van der Waals surface area (Å²) in [4.78, 5) is 35.9. The number of hydrogen-bond donors (Lipinski definition) is 6. The molecule has 0 amide bonds. The average molecular weight is 360 g/mol. The first-order valence-electron chi connectivity index (χ1n) is 5.56. The van der Waals surface area contributed by atoms with E-state index in [1.807, 2.05) is 4.98 Å². The topological polar surface area (TPSA) is 190 Å². The highest BCUT2D eigenvalue weighted by atomic mass is 35.5. The Morgan fingerprint density at radius 2 is 1.77 bits per heavy atom. The van der Waals surface area contributed by atoms with Crippen molar-refractivity contribution >= 4 is 29.9 Å². The van der Waals surface area contributed by atoms with Crippen molar-refractivity contribution in [2.75, 3.05) is 12.4 Å². The second-order valence-corrected chi connectivity index (χ2v) is 4.99. The predicted molar refractivity (Wildman–Crippen MR) is 77.4 cm³/mol. The SMILES string of the molecule is Cl.O=c1[nH]c(SC[C@H](O)[C@H](O)[C@H](O)CO)c([N+](=O)[O-])c(=O)[nH]1. The van der Waals surface area contributed by atoms with Gasteiger partial charge in [0.2, 0.25) is 0 Å². The van der Waals surface area contributed by atoms with Gasteiger partial charge in [-0.3, -0.25) is 24.9 Å². The van der Waals surface area contributed by atoms with Gasteiger partial charge in [0.1, 0.15) is 12.2 Å². The molecule has 6 N–H and O–H groups in total. The van der Waals surface area contributed by atoms with Gasteiger partial charge < -0.3 is 20.4 Å². The smallest absolute Gasteiger partial charge is 0.363 e. The molecule has 1 aromatic heterocycles. The lowest BCUT2D eigenvalue weighted by Gasteiger charge is -2.20. The molecule has 0 fully saturated rings. The van der Waals surface area contributed by atoms with Gasteiger partial charge in [-0.05, 0) is 0 Å². The van der Waals surface area contributed by atoms with Crippen LogP contribution in [0.5, 0.6) is 0 Å². The van der Waals surface area contributed by atoms with Gasteiger partial charge in [0.25, 0.3) is 0 Å². The molecule has 0 radical (unpaired) electrons. The van der Waals surface area contributed by atoms with Gasteiger partial charge >= 0.3 is 16.9 Å². The van der Waals surface area contributed by atoms with Gasteiger partial charge in [-0.2, -0.15) is 0 Å². The molecular weight excluding hydrogens is 346 g/mol. The zero-order valence-electron chi connectivity index (χ0n) is 10.8. The fourth-order valence-electron chi connectivity index (χ4n) is 1.36. The number of rotatable bonds is 7. The van der Waals surface area contributed by atoms with Crippen molar-refractivity contribution in [1.29, 1.82) is 0 Å². The van der Waals surface area contributed by atoms with E-state index in [0.29, 0.717) is 11.8 Å². The monoisotopic (exact) mass is 359 g/mol. The molecule has 22 heavy (non-hydrogen) atoms. The normalized spacial score (nSPS) is 14.7. The molecular formula is C9H14ClN3O8S. The van der Waals surface area contributed by atoms with E-state index in [9.17, 15) is 29.9 Å². The molecule has 1 rings (SSSR count). The van der Waals surface area contributed by atoms with Crippen LogP contribution in [0.3, 0.4) is 0 Å². The van der Waals surface area contributed by atoms with Crippen molar-refractivity contribution in [2.24, 2.45) is 0 Å². The van der Waals surface area contributed by atoms with E-state index in [1.54, 1.807) is 4.98 Å². The summed E-state index contributed by atoms with van der Waals surface area (Å²) >= 11 is 0.548. The van der Waals surface area contributed by atoms with E-state index < -0.39 is 51.8 Å². The van der Waals surface area contributed by atoms with Crippen LogP contribution in [-0.2, 0) is 0 Å². The summed E-state index contributed by atoms with van der Waals surface area (Å²) in [5.74, 6) is -0.363. The Labute approximate surface area is 132 Å². The van der Waals surface area contributed by atoms with Crippen molar-refractivity contribution in [3.63, 3.8) is 0 Å². The van der Waals surface area contributed by atoms with Gasteiger partial charge in [0.15, 0.2) is 5.03 Å². The molecule has 0 saturated heterocycles. The molecule has 1 aromatic rings. The highest BCUT2D eigenvalue weighted by Gasteiger charge is 2.27. The van der Waals surface area contributed by atoms with Crippen LogP contribution >= 0.6 is 24.2 Å². The van der Waals surface area contributed by atoms with Crippen LogP contribution in [0.25, 0.3) is 0 Å². The Balaban J connectivity index is 0.00000441. The van der Waals surface area contributed by atoms with E-state index >= 15 is 0 Å². The Morgan fingerprint density at radius 1 is 1.18 bits per heavy atom. The zero-order chi connectivity index (χ0) is 16.2. The molecule has 11 nitrogen and oxygen atoms in total. The highest BCUT2D eigenvalue weighted by Crippen LogP contribution is 2.23. The minimum atomic E-state index is -1.68. The van der Waals surface area contributed by atoms with E-state index in [-0.39, 0.29) is 18.2 Å². The van der Waals surface area contributed by atoms with E-state index in [4.69, 9.17) is 10.2 Å². The molecule has 0 aliphatic rings. The van der Waals surface area contributed by atoms with Crippen LogP contribution in [0, 0.1) is 10.1 Å². The Hall–Kier alpha value is -1.44. The molecule has 0 bridgehead atoms. The number of nitrogens with one attached hydrogen (secondary N) is 2. The summed E-state index contributed by atoms with van der Waals surface area (Å²) in [7, 11) is 0. The maximum atomic E-state index is 11.3. The number of aliphatic hydroxyl groups is 4. The second-order valence-electron chi connectivity index (χ2n) is 3.96. The molecule has 3 atom stereocenters.